The van der Waals surface area contributed by atoms with E-state index in [-0.39, 0.29) is 23.2 Å². The van der Waals surface area contributed by atoms with Crippen molar-refractivity contribution < 1.29 is 35.9 Å². The summed E-state index contributed by atoms with van der Waals surface area (Å²) in [5.41, 5.74) is -0.761. The van der Waals surface area contributed by atoms with E-state index in [9.17, 15) is 31.1 Å². The van der Waals surface area contributed by atoms with Crippen LogP contribution < -0.4 is 10.1 Å². The normalized spacial score (nSPS) is 11.0. The van der Waals surface area contributed by atoms with E-state index in [4.69, 9.17) is 0 Å². The Bertz CT molecular complexity index is 1010. The molecular formula is C18H11F6N3O2. The largest absolute Gasteiger partial charge is 0.435 e. The van der Waals surface area contributed by atoms with E-state index < -0.39 is 47.9 Å². The summed E-state index contributed by atoms with van der Waals surface area (Å²) in [6.07, 6.45) is 1.23. The molecule has 1 N–H and O–H groups in total. The average Bonchev–Trinajstić information content (AvgIpc) is 3.10. The van der Waals surface area contributed by atoms with Gasteiger partial charge in [-0.1, -0.05) is 0 Å². The van der Waals surface area contributed by atoms with Crippen LogP contribution in [0.3, 0.4) is 0 Å². The van der Waals surface area contributed by atoms with Gasteiger partial charge >= 0.3 is 6.61 Å². The lowest BCUT2D eigenvalue weighted by molar-refractivity contribution is -0.0498. The maximum Gasteiger partial charge on any atom is 0.387 e. The number of carbonyl (C=O) groups excluding carboxylic acids is 1. The van der Waals surface area contributed by atoms with Crippen LogP contribution in [0.1, 0.15) is 15.9 Å². The van der Waals surface area contributed by atoms with Crippen LogP contribution in [0.5, 0.6) is 5.75 Å². The fourth-order valence-electron chi connectivity index (χ4n) is 2.42. The average molecular weight is 415 g/mol. The van der Waals surface area contributed by atoms with E-state index in [1.165, 1.54) is 36.5 Å². The van der Waals surface area contributed by atoms with Crippen molar-refractivity contribution in [2.24, 2.45) is 0 Å². The quantitative estimate of drug-likeness (QED) is 0.481. The molecule has 3 aromatic rings. The highest BCUT2D eigenvalue weighted by Crippen LogP contribution is 2.21. The molecule has 0 fully saturated rings. The standard InChI is InChI=1S/C18H11F6N3O2/c19-12-7-13(20)16(22)11(15(12)21)8-27-6-5-14(26-27)25-17(28)9-1-3-10(4-2-9)29-18(23)24/h1-7,18H,8H2,(H,25,26,28). The Morgan fingerprint density at radius 2 is 1.66 bits per heavy atom. The van der Waals surface area contributed by atoms with Gasteiger partial charge in [0.25, 0.3) is 5.91 Å². The van der Waals surface area contributed by atoms with Crippen LogP contribution in [-0.2, 0) is 6.54 Å². The van der Waals surface area contributed by atoms with Crippen LogP contribution in [0, 0.1) is 23.3 Å². The fraction of sp³-hybridized carbons (Fsp3) is 0.111. The number of aromatic nitrogens is 2. The number of rotatable bonds is 6. The molecule has 0 aliphatic heterocycles. The molecule has 0 spiro atoms. The number of halogens is 6. The highest BCUT2D eigenvalue weighted by atomic mass is 19.3. The minimum absolute atomic E-state index is 0.0133. The molecule has 0 atom stereocenters. The molecule has 1 heterocycles. The topological polar surface area (TPSA) is 56.2 Å². The number of amides is 1. The molecule has 3 rings (SSSR count). The van der Waals surface area contributed by atoms with Crippen molar-refractivity contribution in [2.45, 2.75) is 13.2 Å². The molecule has 5 nitrogen and oxygen atoms in total. The molecule has 0 saturated heterocycles. The number of nitrogens with zero attached hydrogens (tertiary/aromatic N) is 2. The van der Waals surface area contributed by atoms with Gasteiger partial charge < -0.3 is 10.1 Å². The molecular weight excluding hydrogens is 404 g/mol. The Kier molecular flexibility index (Phi) is 5.76. The van der Waals surface area contributed by atoms with Crippen LogP contribution in [0.25, 0.3) is 0 Å². The van der Waals surface area contributed by atoms with Crippen LogP contribution in [0.4, 0.5) is 32.2 Å². The number of benzene rings is 2. The molecule has 0 radical (unpaired) electrons. The molecule has 152 valence electrons. The molecule has 1 amide bonds. The maximum atomic E-state index is 13.7. The summed E-state index contributed by atoms with van der Waals surface area (Å²) in [4.78, 5) is 12.1. The number of hydrogen-bond acceptors (Lipinski definition) is 3. The Morgan fingerprint density at radius 1 is 1.03 bits per heavy atom. The molecule has 0 unspecified atom stereocenters. The number of alkyl halides is 2. The summed E-state index contributed by atoms with van der Waals surface area (Å²) in [7, 11) is 0. The number of anilines is 1. The first-order valence-electron chi connectivity index (χ1n) is 7.96. The second-order valence-corrected chi connectivity index (χ2v) is 5.70. The third kappa shape index (κ3) is 4.68. The highest BCUT2D eigenvalue weighted by Gasteiger charge is 2.20. The molecule has 1 aromatic heterocycles. The van der Waals surface area contributed by atoms with E-state index >= 15 is 0 Å². The van der Waals surface area contributed by atoms with Crippen molar-refractivity contribution in [3.8, 4) is 5.75 Å². The molecule has 11 heteroatoms. The maximum absolute atomic E-state index is 13.7. The third-order valence-electron chi connectivity index (χ3n) is 3.75. The molecule has 0 aliphatic carbocycles. The van der Waals surface area contributed by atoms with E-state index in [0.29, 0.717) is 0 Å². The number of hydrogen-bond donors (Lipinski definition) is 1. The monoisotopic (exact) mass is 415 g/mol. The van der Waals surface area contributed by atoms with Gasteiger partial charge in [0, 0.05) is 23.9 Å². The van der Waals surface area contributed by atoms with Crippen molar-refractivity contribution in [2.75, 3.05) is 5.32 Å². The number of carbonyl (C=O) groups is 1. The lowest BCUT2D eigenvalue weighted by atomic mass is 10.2. The van der Waals surface area contributed by atoms with Gasteiger partial charge in [0.2, 0.25) is 0 Å². The first kappa shape index (κ1) is 20.2. The highest BCUT2D eigenvalue weighted by molar-refractivity contribution is 6.03. The summed E-state index contributed by atoms with van der Waals surface area (Å²) in [6.45, 7) is -3.62. The Balaban J connectivity index is 1.70. The van der Waals surface area contributed by atoms with Crippen molar-refractivity contribution in [1.29, 1.82) is 0 Å². The van der Waals surface area contributed by atoms with Gasteiger partial charge in [-0.3, -0.25) is 9.48 Å². The summed E-state index contributed by atoms with van der Waals surface area (Å²) >= 11 is 0. The zero-order valence-electron chi connectivity index (χ0n) is 14.3. The summed E-state index contributed by atoms with van der Waals surface area (Å²) in [6, 6.07) is 6.21. The van der Waals surface area contributed by atoms with Gasteiger partial charge in [-0.05, 0) is 24.3 Å². The van der Waals surface area contributed by atoms with Gasteiger partial charge in [0.05, 0.1) is 12.1 Å². The van der Waals surface area contributed by atoms with E-state index in [2.05, 4.69) is 15.2 Å². The summed E-state index contributed by atoms with van der Waals surface area (Å²) in [5, 5.41) is 6.23. The SMILES string of the molecule is O=C(Nc1ccn(Cc2c(F)c(F)cc(F)c2F)n1)c1ccc(OC(F)F)cc1. The second-order valence-electron chi connectivity index (χ2n) is 5.70. The van der Waals surface area contributed by atoms with Gasteiger partial charge in [0.1, 0.15) is 5.75 Å². The Morgan fingerprint density at radius 3 is 2.24 bits per heavy atom. The third-order valence-corrected chi connectivity index (χ3v) is 3.75. The number of nitrogens with one attached hydrogen (secondary N) is 1. The minimum atomic E-state index is -3.00. The lowest BCUT2D eigenvalue weighted by Gasteiger charge is -2.07. The number of ether oxygens (including phenoxy) is 1. The molecule has 2 aromatic carbocycles. The van der Waals surface area contributed by atoms with E-state index in [1.54, 1.807) is 0 Å². The predicted octanol–water partition coefficient (Wildman–Crippen LogP) is 4.34. The van der Waals surface area contributed by atoms with Gasteiger partial charge in [-0.2, -0.15) is 13.9 Å². The van der Waals surface area contributed by atoms with Crippen molar-refractivity contribution in [3.05, 3.63) is 77.0 Å². The Hall–Kier alpha value is -3.50. The molecule has 0 saturated carbocycles. The zero-order valence-corrected chi connectivity index (χ0v) is 14.3. The van der Waals surface area contributed by atoms with Crippen molar-refractivity contribution >= 4 is 11.7 Å². The van der Waals surface area contributed by atoms with Gasteiger partial charge in [-0.25, -0.2) is 17.6 Å². The minimum Gasteiger partial charge on any atom is -0.435 e. The molecule has 29 heavy (non-hydrogen) atoms. The van der Waals surface area contributed by atoms with Crippen LogP contribution >= 0.6 is 0 Å². The first-order valence-corrected chi connectivity index (χ1v) is 7.96. The summed E-state index contributed by atoms with van der Waals surface area (Å²) < 4.78 is 83.4. The second kappa shape index (κ2) is 8.25. The van der Waals surface area contributed by atoms with Crippen LogP contribution in [-0.4, -0.2) is 22.3 Å². The van der Waals surface area contributed by atoms with Crippen LogP contribution in [0.2, 0.25) is 0 Å². The first-order chi connectivity index (χ1) is 13.7. The fourth-order valence-corrected chi connectivity index (χ4v) is 2.42. The van der Waals surface area contributed by atoms with Crippen molar-refractivity contribution in [1.82, 2.24) is 9.78 Å². The van der Waals surface area contributed by atoms with Gasteiger partial charge in [-0.15, -0.1) is 0 Å². The van der Waals surface area contributed by atoms with Gasteiger partial charge in [0.15, 0.2) is 29.1 Å². The lowest BCUT2D eigenvalue weighted by Crippen LogP contribution is -2.13. The molecule has 0 bridgehead atoms. The predicted molar refractivity (Wildman–Crippen MR) is 88.6 cm³/mol. The van der Waals surface area contributed by atoms with Crippen LogP contribution in [0.15, 0.2) is 42.6 Å². The van der Waals surface area contributed by atoms with Crippen molar-refractivity contribution in [3.63, 3.8) is 0 Å². The Labute approximate surface area is 159 Å². The zero-order chi connectivity index (χ0) is 21.1. The molecule has 0 aliphatic rings. The summed E-state index contributed by atoms with van der Waals surface area (Å²) in [5.74, 6) is -6.97. The smallest absolute Gasteiger partial charge is 0.387 e. The van der Waals surface area contributed by atoms with E-state index in [1.807, 2.05) is 0 Å². The van der Waals surface area contributed by atoms with E-state index in [0.717, 1.165) is 4.68 Å².